The third-order valence-electron chi connectivity index (χ3n) is 1.76. The first-order valence-corrected chi connectivity index (χ1v) is 5.82. The van der Waals surface area contributed by atoms with Crippen LogP contribution in [0.3, 0.4) is 0 Å². The van der Waals surface area contributed by atoms with Gasteiger partial charge in [0.1, 0.15) is 0 Å². The highest BCUT2D eigenvalue weighted by Crippen LogP contribution is 2.34. The topological polar surface area (TPSA) is 17.1 Å². The first-order valence-electron chi connectivity index (χ1n) is 3.55. The molecule has 66 valence electrons. The van der Waals surface area contributed by atoms with Crippen molar-refractivity contribution in [3.63, 3.8) is 0 Å². The maximum atomic E-state index is 10.7. The second-order valence-electron chi connectivity index (χ2n) is 2.55. The molecule has 2 aromatic rings. The minimum atomic E-state index is 0.715. The number of carbonyl (C=O) groups is 1. The van der Waals surface area contributed by atoms with Crippen molar-refractivity contribution in [1.29, 1.82) is 0 Å². The van der Waals surface area contributed by atoms with Crippen LogP contribution in [0.1, 0.15) is 10.4 Å². The lowest BCUT2D eigenvalue weighted by Crippen LogP contribution is -1.80. The number of benzene rings is 1. The van der Waals surface area contributed by atoms with Gasteiger partial charge in [0, 0.05) is 19.2 Å². The van der Waals surface area contributed by atoms with Gasteiger partial charge in [-0.15, -0.1) is 11.3 Å². The van der Waals surface area contributed by atoms with E-state index in [1.54, 1.807) is 0 Å². The molecule has 2 rings (SSSR count). The van der Waals surface area contributed by atoms with Crippen molar-refractivity contribution in [3.05, 3.63) is 31.7 Å². The molecule has 1 aromatic carbocycles. The molecule has 4 heteroatoms. The number of rotatable bonds is 1. The van der Waals surface area contributed by atoms with E-state index in [1.807, 2.05) is 18.2 Å². The standard InChI is InChI=1S/C9H4ClIOS/c10-8-3-6-7(11)2-1-5(4-12)9(6)13-8/h1-4H. The zero-order valence-electron chi connectivity index (χ0n) is 6.38. The fourth-order valence-electron chi connectivity index (χ4n) is 1.17. The molecular weight excluding hydrogens is 319 g/mol. The van der Waals surface area contributed by atoms with E-state index in [-0.39, 0.29) is 0 Å². The molecule has 13 heavy (non-hydrogen) atoms. The maximum absolute atomic E-state index is 10.7. The molecule has 0 aliphatic rings. The third kappa shape index (κ3) is 1.60. The van der Waals surface area contributed by atoms with Crippen LogP contribution in [0.25, 0.3) is 10.1 Å². The summed E-state index contributed by atoms with van der Waals surface area (Å²) in [4.78, 5) is 10.7. The largest absolute Gasteiger partial charge is 0.298 e. The molecule has 0 radical (unpaired) electrons. The zero-order valence-corrected chi connectivity index (χ0v) is 10.1. The molecular formula is C9H4ClIOS. The summed E-state index contributed by atoms with van der Waals surface area (Å²) in [6.45, 7) is 0. The molecule has 0 saturated heterocycles. The van der Waals surface area contributed by atoms with E-state index >= 15 is 0 Å². The number of halogens is 2. The second-order valence-corrected chi connectivity index (χ2v) is 5.39. The van der Waals surface area contributed by atoms with Crippen LogP contribution in [0.5, 0.6) is 0 Å². The van der Waals surface area contributed by atoms with Crippen molar-refractivity contribution < 1.29 is 4.79 Å². The van der Waals surface area contributed by atoms with Gasteiger partial charge in [0.05, 0.1) is 4.34 Å². The van der Waals surface area contributed by atoms with E-state index in [1.165, 1.54) is 11.3 Å². The minimum absolute atomic E-state index is 0.715. The molecule has 1 aromatic heterocycles. The highest BCUT2D eigenvalue weighted by molar-refractivity contribution is 14.1. The Hall–Kier alpha value is -0.130. The highest BCUT2D eigenvalue weighted by Gasteiger charge is 2.07. The molecule has 0 aliphatic carbocycles. The number of carbonyl (C=O) groups excluding carboxylic acids is 1. The molecule has 0 aliphatic heterocycles. The summed E-state index contributed by atoms with van der Waals surface area (Å²) in [6.07, 6.45) is 0.866. The fourth-order valence-corrected chi connectivity index (χ4v) is 3.19. The lowest BCUT2D eigenvalue weighted by atomic mass is 10.2. The summed E-state index contributed by atoms with van der Waals surface area (Å²) in [5.74, 6) is 0. The van der Waals surface area contributed by atoms with Crippen molar-refractivity contribution in [1.82, 2.24) is 0 Å². The van der Waals surface area contributed by atoms with Gasteiger partial charge < -0.3 is 0 Å². The van der Waals surface area contributed by atoms with Crippen LogP contribution >= 0.6 is 45.5 Å². The van der Waals surface area contributed by atoms with Crippen LogP contribution in [-0.4, -0.2) is 6.29 Å². The van der Waals surface area contributed by atoms with Crippen LogP contribution in [0.2, 0.25) is 4.34 Å². The Morgan fingerprint density at radius 1 is 1.46 bits per heavy atom. The van der Waals surface area contributed by atoms with E-state index in [9.17, 15) is 4.79 Å². The predicted molar refractivity (Wildman–Crippen MR) is 64.9 cm³/mol. The van der Waals surface area contributed by atoms with Gasteiger partial charge >= 0.3 is 0 Å². The SMILES string of the molecule is O=Cc1ccc(I)c2cc(Cl)sc12. The van der Waals surface area contributed by atoms with Gasteiger partial charge in [-0.25, -0.2) is 0 Å². The molecule has 1 nitrogen and oxygen atoms in total. The van der Waals surface area contributed by atoms with E-state index in [0.29, 0.717) is 5.56 Å². The van der Waals surface area contributed by atoms with Crippen molar-refractivity contribution in [2.45, 2.75) is 0 Å². The molecule has 0 unspecified atom stereocenters. The maximum Gasteiger partial charge on any atom is 0.151 e. The molecule has 0 spiro atoms. The lowest BCUT2D eigenvalue weighted by molar-refractivity contribution is 0.112. The number of aldehydes is 1. The molecule has 0 saturated carbocycles. The van der Waals surface area contributed by atoms with Gasteiger partial charge in [-0.3, -0.25) is 4.79 Å². The van der Waals surface area contributed by atoms with Gasteiger partial charge in [0.25, 0.3) is 0 Å². The third-order valence-corrected chi connectivity index (χ3v) is 4.01. The Labute approximate surface area is 97.8 Å². The van der Waals surface area contributed by atoms with Gasteiger partial charge in [-0.05, 0) is 40.8 Å². The van der Waals surface area contributed by atoms with Gasteiger partial charge in [-0.1, -0.05) is 11.6 Å². The van der Waals surface area contributed by atoms with Crippen LogP contribution in [0, 0.1) is 3.57 Å². The molecule has 0 amide bonds. The van der Waals surface area contributed by atoms with Gasteiger partial charge in [0.2, 0.25) is 0 Å². The summed E-state index contributed by atoms with van der Waals surface area (Å²) in [5.41, 5.74) is 0.715. The lowest BCUT2D eigenvalue weighted by Gasteiger charge is -1.95. The molecule has 0 fully saturated rings. The molecule has 1 heterocycles. The Morgan fingerprint density at radius 2 is 2.23 bits per heavy atom. The summed E-state index contributed by atoms with van der Waals surface area (Å²) in [7, 11) is 0. The van der Waals surface area contributed by atoms with Gasteiger partial charge in [0.15, 0.2) is 6.29 Å². The van der Waals surface area contributed by atoms with Crippen molar-refractivity contribution in [2.75, 3.05) is 0 Å². The predicted octanol–water partition coefficient (Wildman–Crippen LogP) is 3.97. The molecule has 0 atom stereocenters. The highest BCUT2D eigenvalue weighted by atomic mass is 127. The Morgan fingerprint density at radius 3 is 2.92 bits per heavy atom. The fraction of sp³-hybridized carbons (Fsp3) is 0. The average Bonchev–Trinajstić information content (AvgIpc) is 2.48. The normalized spacial score (nSPS) is 10.6. The Kier molecular flexibility index (Phi) is 2.58. The second kappa shape index (κ2) is 3.55. The van der Waals surface area contributed by atoms with Crippen molar-refractivity contribution in [3.8, 4) is 0 Å². The van der Waals surface area contributed by atoms with Crippen LogP contribution in [0.4, 0.5) is 0 Å². The monoisotopic (exact) mass is 322 g/mol. The first-order chi connectivity index (χ1) is 6.22. The van der Waals surface area contributed by atoms with Crippen LogP contribution in [-0.2, 0) is 0 Å². The average molecular weight is 323 g/mol. The number of hydrogen-bond donors (Lipinski definition) is 0. The Balaban J connectivity index is 2.91. The van der Waals surface area contributed by atoms with Gasteiger partial charge in [-0.2, -0.15) is 0 Å². The smallest absolute Gasteiger partial charge is 0.151 e. The summed E-state index contributed by atoms with van der Waals surface area (Å²) in [5, 5.41) is 1.07. The summed E-state index contributed by atoms with van der Waals surface area (Å²) >= 11 is 9.57. The molecule has 0 N–H and O–H groups in total. The van der Waals surface area contributed by atoms with E-state index in [0.717, 1.165) is 24.3 Å². The Bertz CT molecular complexity index is 478. The van der Waals surface area contributed by atoms with Crippen molar-refractivity contribution >= 4 is 61.9 Å². The summed E-state index contributed by atoms with van der Waals surface area (Å²) < 4.78 is 2.83. The van der Waals surface area contributed by atoms with E-state index in [4.69, 9.17) is 11.6 Å². The van der Waals surface area contributed by atoms with Crippen LogP contribution in [0.15, 0.2) is 18.2 Å². The number of thiophene rings is 1. The van der Waals surface area contributed by atoms with Crippen molar-refractivity contribution in [2.24, 2.45) is 0 Å². The van der Waals surface area contributed by atoms with E-state index < -0.39 is 0 Å². The van der Waals surface area contributed by atoms with E-state index in [2.05, 4.69) is 22.6 Å². The zero-order chi connectivity index (χ0) is 9.42. The minimum Gasteiger partial charge on any atom is -0.298 e. The first kappa shape index (κ1) is 9.43. The quantitative estimate of drug-likeness (QED) is 0.573. The van der Waals surface area contributed by atoms with Crippen LogP contribution < -0.4 is 0 Å². The number of fused-ring (bicyclic) bond motifs is 1. The summed E-state index contributed by atoms with van der Waals surface area (Å²) in [6, 6.07) is 5.65. The molecule has 0 bridgehead atoms. The number of hydrogen-bond acceptors (Lipinski definition) is 2.